The van der Waals surface area contributed by atoms with E-state index in [1.165, 1.54) is 0 Å². The summed E-state index contributed by atoms with van der Waals surface area (Å²) in [6, 6.07) is 8.32. The van der Waals surface area contributed by atoms with Gasteiger partial charge in [-0.3, -0.25) is 13.8 Å². The van der Waals surface area contributed by atoms with Crippen molar-refractivity contribution in [3.63, 3.8) is 0 Å². The van der Waals surface area contributed by atoms with Gasteiger partial charge in [0.25, 0.3) is 0 Å². The molecule has 0 amide bonds. The molecule has 98 valence electrons. The summed E-state index contributed by atoms with van der Waals surface area (Å²) >= 11 is 0. The van der Waals surface area contributed by atoms with Crippen LogP contribution in [0.1, 0.15) is 23.7 Å². The molecule has 0 spiro atoms. The first-order chi connectivity index (χ1) is 8.52. The lowest BCUT2D eigenvalue weighted by Gasteiger charge is -2.12. The van der Waals surface area contributed by atoms with Gasteiger partial charge in [0.1, 0.15) is 0 Å². The predicted octanol–water partition coefficient (Wildman–Crippen LogP) is 1.43. The van der Waals surface area contributed by atoms with Crippen LogP contribution in [-0.4, -0.2) is 32.1 Å². The summed E-state index contributed by atoms with van der Waals surface area (Å²) in [6.45, 7) is 0. The van der Waals surface area contributed by atoms with Gasteiger partial charge in [0, 0.05) is 23.0 Å². The summed E-state index contributed by atoms with van der Waals surface area (Å²) in [5.41, 5.74) is 0.471. The Kier molecular flexibility index (Phi) is 5.51. The van der Waals surface area contributed by atoms with Crippen molar-refractivity contribution in [3.05, 3.63) is 35.9 Å². The van der Waals surface area contributed by atoms with Gasteiger partial charge in [-0.1, -0.05) is 30.3 Å². The fourth-order valence-electron chi connectivity index (χ4n) is 1.52. The van der Waals surface area contributed by atoms with E-state index in [-0.39, 0.29) is 18.6 Å². The van der Waals surface area contributed by atoms with Crippen LogP contribution < -0.4 is 0 Å². The van der Waals surface area contributed by atoms with E-state index < -0.39 is 28.0 Å². The first kappa shape index (κ1) is 14.4. The van der Waals surface area contributed by atoms with Crippen molar-refractivity contribution in [2.75, 3.05) is 5.75 Å². The maximum absolute atomic E-state index is 11.9. The Morgan fingerprint density at radius 3 is 2.28 bits per heavy atom. The van der Waals surface area contributed by atoms with Crippen molar-refractivity contribution in [1.29, 1.82) is 0 Å². The molecule has 0 saturated carbocycles. The van der Waals surface area contributed by atoms with Crippen molar-refractivity contribution in [3.8, 4) is 0 Å². The normalized spacial score (nSPS) is 13.8. The standard InChI is InChI=1S/C12H14O5S/c13-10(14)7-4-8-18(17)11(12(15)16)9-5-2-1-3-6-9/h1-3,5-6,11H,4,7-8H2,(H,13,14)(H,15,16). The van der Waals surface area contributed by atoms with E-state index in [4.69, 9.17) is 10.2 Å². The fourth-order valence-corrected chi connectivity index (χ4v) is 2.87. The van der Waals surface area contributed by atoms with Gasteiger partial charge >= 0.3 is 11.9 Å². The van der Waals surface area contributed by atoms with Crippen LogP contribution in [0.5, 0.6) is 0 Å². The van der Waals surface area contributed by atoms with Gasteiger partial charge in [0.15, 0.2) is 5.25 Å². The largest absolute Gasteiger partial charge is 0.481 e. The Hall–Kier alpha value is -1.69. The van der Waals surface area contributed by atoms with Crippen LogP contribution in [-0.2, 0) is 20.4 Å². The number of carboxylic acids is 2. The van der Waals surface area contributed by atoms with Crippen molar-refractivity contribution < 1.29 is 24.0 Å². The summed E-state index contributed by atoms with van der Waals surface area (Å²) in [7, 11) is -1.62. The number of carboxylic acid groups (broad SMARTS) is 2. The van der Waals surface area contributed by atoms with E-state index in [1.54, 1.807) is 30.3 Å². The number of benzene rings is 1. The lowest BCUT2D eigenvalue weighted by Crippen LogP contribution is -2.19. The summed E-state index contributed by atoms with van der Waals surface area (Å²) in [5, 5.41) is 16.5. The number of carbonyl (C=O) groups is 2. The Balaban J connectivity index is 2.71. The van der Waals surface area contributed by atoms with Crippen molar-refractivity contribution >= 4 is 22.7 Å². The molecule has 2 N–H and O–H groups in total. The van der Waals surface area contributed by atoms with E-state index in [1.807, 2.05) is 0 Å². The van der Waals surface area contributed by atoms with E-state index >= 15 is 0 Å². The second kappa shape index (κ2) is 6.90. The molecule has 0 aliphatic carbocycles. The van der Waals surface area contributed by atoms with Crippen LogP contribution in [0, 0.1) is 0 Å². The van der Waals surface area contributed by atoms with Gasteiger partial charge in [-0.05, 0) is 12.0 Å². The Morgan fingerprint density at radius 2 is 1.78 bits per heavy atom. The molecule has 0 heterocycles. The fraction of sp³-hybridized carbons (Fsp3) is 0.333. The number of rotatable bonds is 7. The molecule has 1 aromatic carbocycles. The van der Waals surface area contributed by atoms with Gasteiger partial charge in [-0.2, -0.15) is 0 Å². The average molecular weight is 270 g/mol. The monoisotopic (exact) mass is 270 g/mol. The molecular formula is C12H14O5S. The van der Waals surface area contributed by atoms with Gasteiger partial charge in [-0.15, -0.1) is 0 Å². The van der Waals surface area contributed by atoms with Crippen LogP contribution in [0.25, 0.3) is 0 Å². The molecule has 0 saturated heterocycles. The molecule has 0 bridgehead atoms. The Labute approximate surface area is 107 Å². The Bertz CT molecular complexity index is 443. The number of hydrogen-bond acceptors (Lipinski definition) is 3. The molecule has 2 atom stereocenters. The molecule has 5 nitrogen and oxygen atoms in total. The first-order valence-corrected chi connectivity index (χ1v) is 6.77. The van der Waals surface area contributed by atoms with Crippen LogP contribution in [0.2, 0.25) is 0 Å². The zero-order chi connectivity index (χ0) is 13.5. The first-order valence-electron chi connectivity index (χ1n) is 5.39. The Morgan fingerprint density at radius 1 is 1.17 bits per heavy atom. The van der Waals surface area contributed by atoms with Gasteiger partial charge in [0.05, 0.1) is 0 Å². The molecule has 0 aliphatic heterocycles. The predicted molar refractivity (Wildman–Crippen MR) is 66.7 cm³/mol. The van der Waals surface area contributed by atoms with Crippen molar-refractivity contribution in [1.82, 2.24) is 0 Å². The zero-order valence-electron chi connectivity index (χ0n) is 9.61. The molecular weight excluding hydrogens is 256 g/mol. The molecule has 18 heavy (non-hydrogen) atoms. The molecule has 0 radical (unpaired) electrons. The van der Waals surface area contributed by atoms with Gasteiger partial charge < -0.3 is 10.2 Å². The highest BCUT2D eigenvalue weighted by Crippen LogP contribution is 2.21. The second-order valence-electron chi connectivity index (χ2n) is 3.71. The summed E-state index contributed by atoms with van der Waals surface area (Å²) < 4.78 is 11.9. The van der Waals surface area contributed by atoms with E-state index in [0.29, 0.717) is 5.56 Å². The molecule has 2 unspecified atom stereocenters. The molecule has 0 aromatic heterocycles. The minimum absolute atomic E-state index is 0.0676. The molecule has 6 heteroatoms. The van der Waals surface area contributed by atoms with Crippen molar-refractivity contribution in [2.45, 2.75) is 18.1 Å². The van der Waals surface area contributed by atoms with Gasteiger partial charge in [-0.25, -0.2) is 0 Å². The van der Waals surface area contributed by atoms with Gasteiger partial charge in [0.2, 0.25) is 0 Å². The number of aliphatic carboxylic acids is 2. The van der Waals surface area contributed by atoms with Crippen molar-refractivity contribution in [2.24, 2.45) is 0 Å². The third-order valence-corrected chi connectivity index (χ3v) is 4.02. The SMILES string of the molecule is O=C(O)CCCS(=O)C(C(=O)O)c1ccccc1. The average Bonchev–Trinajstić information content (AvgIpc) is 2.29. The molecule has 0 aliphatic rings. The summed E-state index contributed by atoms with van der Waals surface area (Å²) in [5.74, 6) is -2.06. The van der Waals surface area contributed by atoms with Crippen LogP contribution in [0.3, 0.4) is 0 Å². The smallest absolute Gasteiger partial charge is 0.323 e. The van der Waals surface area contributed by atoms with E-state index in [0.717, 1.165) is 0 Å². The minimum atomic E-state index is -1.62. The zero-order valence-corrected chi connectivity index (χ0v) is 10.4. The van der Waals surface area contributed by atoms with Crippen LogP contribution in [0.4, 0.5) is 0 Å². The highest BCUT2D eigenvalue weighted by molar-refractivity contribution is 7.86. The maximum Gasteiger partial charge on any atom is 0.323 e. The molecule has 1 aromatic rings. The van der Waals surface area contributed by atoms with Crippen LogP contribution in [0.15, 0.2) is 30.3 Å². The third-order valence-electron chi connectivity index (χ3n) is 2.33. The highest BCUT2D eigenvalue weighted by atomic mass is 32.2. The van der Waals surface area contributed by atoms with E-state index in [2.05, 4.69) is 0 Å². The molecule has 1 rings (SSSR count). The van der Waals surface area contributed by atoms with Crippen LogP contribution >= 0.6 is 0 Å². The number of hydrogen-bond donors (Lipinski definition) is 2. The lowest BCUT2D eigenvalue weighted by molar-refractivity contribution is -0.137. The maximum atomic E-state index is 11.9. The van der Waals surface area contributed by atoms with E-state index in [9.17, 15) is 13.8 Å². The lowest BCUT2D eigenvalue weighted by atomic mass is 10.1. The highest BCUT2D eigenvalue weighted by Gasteiger charge is 2.26. The third kappa shape index (κ3) is 4.29. The topological polar surface area (TPSA) is 91.7 Å². The minimum Gasteiger partial charge on any atom is -0.481 e. The second-order valence-corrected chi connectivity index (χ2v) is 5.35. The summed E-state index contributed by atoms with van der Waals surface area (Å²) in [6.07, 6.45) is 0.103. The summed E-state index contributed by atoms with van der Waals surface area (Å²) in [4.78, 5) is 21.5. The quantitative estimate of drug-likeness (QED) is 0.782. The molecule has 0 fully saturated rings.